The number of imidazole rings is 1. The largest absolute Gasteiger partial charge is 0.385 e. The Morgan fingerprint density at radius 3 is 2.82 bits per heavy atom. The second kappa shape index (κ2) is 4.89. The van der Waals surface area contributed by atoms with Crippen molar-refractivity contribution in [1.29, 1.82) is 0 Å². The van der Waals surface area contributed by atoms with Crippen LogP contribution in [-0.4, -0.2) is 49.7 Å². The van der Waals surface area contributed by atoms with Gasteiger partial charge in [-0.15, -0.1) is 0 Å². The summed E-state index contributed by atoms with van der Waals surface area (Å²) >= 11 is 0. The third-order valence-electron chi connectivity index (χ3n) is 3.81. The number of nitrogens with two attached hydrogens (primary N) is 1. The van der Waals surface area contributed by atoms with Crippen molar-refractivity contribution in [3.63, 3.8) is 0 Å². The van der Waals surface area contributed by atoms with Crippen LogP contribution in [0.1, 0.15) is 25.4 Å². The second-order valence-electron chi connectivity index (χ2n) is 5.61. The van der Waals surface area contributed by atoms with Crippen molar-refractivity contribution >= 4 is 29.2 Å². The Balaban J connectivity index is 2.21. The van der Waals surface area contributed by atoms with Gasteiger partial charge in [0.05, 0.1) is 0 Å². The summed E-state index contributed by atoms with van der Waals surface area (Å²) in [6.45, 7) is 3.39. The van der Waals surface area contributed by atoms with E-state index in [9.17, 15) is 9.90 Å². The number of aldehydes is 1. The maximum absolute atomic E-state index is 11.0. The molecule has 0 aliphatic carbocycles. The van der Waals surface area contributed by atoms with E-state index in [0.717, 1.165) is 0 Å². The third kappa shape index (κ3) is 2.09. The van der Waals surface area contributed by atoms with Crippen molar-refractivity contribution in [2.24, 2.45) is 0 Å². The summed E-state index contributed by atoms with van der Waals surface area (Å²) in [5.41, 5.74) is 5.50. The minimum atomic E-state index is -1.22. The van der Waals surface area contributed by atoms with Crippen LogP contribution in [0.25, 0.3) is 11.2 Å². The summed E-state index contributed by atoms with van der Waals surface area (Å²) in [5, 5.41) is 13.5. The number of carbonyl (C=O) groups excluding carboxylic acids is 1. The van der Waals surface area contributed by atoms with Crippen LogP contribution >= 0.6 is 0 Å². The number of rotatable bonds is 3. The van der Waals surface area contributed by atoms with Crippen LogP contribution in [0.2, 0.25) is 0 Å². The number of fused-ring (bicyclic) bond motifs is 1. The smallest absolute Gasteiger partial charge is 0.224 e. The minimum Gasteiger partial charge on any atom is -0.385 e. The molecule has 3 rings (SSSR count). The first kappa shape index (κ1) is 14.7. The first-order valence-electron chi connectivity index (χ1n) is 6.90. The highest BCUT2D eigenvalue weighted by molar-refractivity contribution is 5.84. The van der Waals surface area contributed by atoms with Crippen molar-refractivity contribution < 1.29 is 14.6 Å². The van der Waals surface area contributed by atoms with Crippen LogP contribution in [0.15, 0.2) is 0 Å². The number of aromatic nitrogens is 4. The molecule has 0 radical (unpaired) electrons. The molecule has 22 heavy (non-hydrogen) atoms. The lowest BCUT2D eigenvalue weighted by Gasteiger charge is -2.26. The molecule has 0 bridgehead atoms. The summed E-state index contributed by atoms with van der Waals surface area (Å²) in [6, 6.07) is 0. The number of nitrogens with zero attached hydrogens (tertiary/aromatic N) is 4. The molecule has 1 saturated heterocycles. The fraction of sp³-hybridized carbons (Fsp3) is 0.538. The zero-order valence-electron chi connectivity index (χ0n) is 12.6. The highest BCUT2D eigenvalue weighted by Gasteiger charge is 2.46. The number of ether oxygens (including phenoxy) is 1. The monoisotopic (exact) mass is 306 g/mol. The van der Waals surface area contributed by atoms with E-state index in [1.165, 1.54) is 0 Å². The van der Waals surface area contributed by atoms with Gasteiger partial charge in [0, 0.05) is 13.5 Å². The molecular weight excluding hydrogens is 288 g/mol. The molecule has 2 aromatic rings. The molecule has 1 fully saturated rings. The molecule has 118 valence electrons. The third-order valence-corrected chi connectivity index (χ3v) is 3.81. The quantitative estimate of drug-likeness (QED) is 0.676. The number of nitrogen functional groups attached to an aromatic ring is 1. The van der Waals surface area contributed by atoms with Gasteiger partial charge < -0.3 is 25.7 Å². The van der Waals surface area contributed by atoms with Gasteiger partial charge in [0.15, 0.2) is 23.2 Å². The SMILES string of the molecule is CNc1nc(N)nc2c1nc(C)n2C1OC(C=O)CC1(C)O. The summed E-state index contributed by atoms with van der Waals surface area (Å²) in [6.07, 6.45) is -0.545. The summed E-state index contributed by atoms with van der Waals surface area (Å²) in [7, 11) is 1.71. The molecule has 1 aliphatic heterocycles. The Labute approximate surface area is 126 Å². The molecule has 4 N–H and O–H groups in total. The van der Waals surface area contributed by atoms with Crippen molar-refractivity contribution in [1.82, 2.24) is 19.5 Å². The Hall–Kier alpha value is -2.26. The average Bonchev–Trinajstić information content (AvgIpc) is 2.93. The second-order valence-corrected chi connectivity index (χ2v) is 5.61. The summed E-state index contributed by atoms with van der Waals surface area (Å²) < 4.78 is 7.31. The fourth-order valence-corrected chi connectivity index (χ4v) is 2.84. The van der Waals surface area contributed by atoms with Gasteiger partial charge in [-0.05, 0) is 13.8 Å². The van der Waals surface area contributed by atoms with E-state index in [0.29, 0.717) is 29.1 Å². The van der Waals surface area contributed by atoms with Crippen molar-refractivity contribution in [3.05, 3.63) is 5.82 Å². The van der Waals surface area contributed by atoms with Crippen molar-refractivity contribution in [2.45, 2.75) is 38.2 Å². The lowest BCUT2D eigenvalue weighted by atomic mass is 10.0. The Morgan fingerprint density at radius 2 is 2.23 bits per heavy atom. The van der Waals surface area contributed by atoms with E-state index in [-0.39, 0.29) is 12.4 Å². The van der Waals surface area contributed by atoms with Crippen LogP contribution in [0.5, 0.6) is 0 Å². The van der Waals surface area contributed by atoms with Gasteiger partial charge in [0.2, 0.25) is 5.95 Å². The van der Waals surface area contributed by atoms with E-state index in [1.807, 2.05) is 0 Å². The van der Waals surface area contributed by atoms with Crippen LogP contribution in [0.3, 0.4) is 0 Å². The van der Waals surface area contributed by atoms with Gasteiger partial charge >= 0.3 is 0 Å². The number of nitrogens with one attached hydrogen (secondary N) is 1. The number of hydrogen-bond donors (Lipinski definition) is 3. The topological polar surface area (TPSA) is 128 Å². The van der Waals surface area contributed by atoms with E-state index in [2.05, 4.69) is 20.3 Å². The van der Waals surface area contributed by atoms with E-state index in [4.69, 9.17) is 10.5 Å². The first-order valence-corrected chi connectivity index (χ1v) is 6.90. The lowest BCUT2D eigenvalue weighted by Crippen LogP contribution is -2.32. The van der Waals surface area contributed by atoms with E-state index in [1.54, 1.807) is 25.5 Å². The van der Waals surface area contributed by atoms with Gasteiger partial charge in [-0.25, -0.2) is 4.98 Å². The molecule has 0 aromatic carbocycles. The molecule has 3 heterocycles. The number of carbonyl (C=O) groups is 1. The van der Waals surface area contributed by atoms with Crippen LogP contribution in [-0.2, 0) is 9.53 Å². The normalized spacial score (nSPS) is 28.2. The Morgan fingerprint density at radius 1 is 1.50 bits per heavy atom. The van der Waals surface area contributed by atoms with Crippen LogP contribution < -0.4 is 11.1 Å². The molecule has 3 atom stereocenters. The average molecular weight is 306 g/mol. The van der Waals surface area contributed by atoms with Gasteiger partial charge in [-0.3, -0.25) is 4.57 Å². The van der Waals surface area contributed by atoms with E-state index < -0.39 is 17.9 Å². The Bertz CT molecular complexity index is 741. The summed E-state index contributed by atoms with van der Waals surface area (Å²) in [5.74, 6) is 1.17. The maximum atomic E-state index is 11.0. The maximum Gasteiger partial charge on any atom is 0.224 e. The minimum absolute atomic E-state index is 0.0857. The number of aryl methyl sites for hydroxylation is 1. The molecule has 3 unspecified atom stereocenters. The molecular formula is C13H18N6O3. The van der Waals surface area contributed by atoms with Gasteiger partial charge in [0.25, 0.3) is 0 Å². The molecule has 0 saturated carbocycles. The van der Waals surface area contributed by atoms with Crippen molar-refractivity contribution in [3.8, 4) is 0 Å². The molecule has 2 aromatic heterocycles. The van der Waals surface area contributed by atoms with Crippen LogP contribution in [0.4, 0.5) is 11.8 Å². The molecule has 1 aliphatic rings. The summed E-state index contributed by atoms with van der Waals surface area (Å²) in [4.78, 5) is 23.7. The number of hydrogen-bond acceptors (Lipinski definition) is 8. The van der Waals surface area contributed by atoms with Gasteiger partial charge in [-0.1, -0.05) is 0 Å². The predicted octanol–water partition coefficient (Wildman–Crippen LogP) is -0.00398. The zero-order chi connectivity index (χ0) is 16.1. The van der Waals surface area contributed by atoms with E-state index >= 15 is 0 Å². The fourth-order valence-electron chi connectivity index (χ4n) is 2.84. The molecule has 0 spiro atoms. The number of aliphatic hydroxyl groups is 1. The highest BCUT2D eigenvalue weighted by Crippen LogP contribution is 2.39. The van der Waals surface area contributed by atoms with Gasteiger partial charge in [-0.2, -0.15) is 9.97 Å². The molecule has 9 heteroatoms. The van der Waals surface area contributed by atoms with Crippen LogP contribution in [0, 0.1) is 6.92 Å². The standard InChI is InChI=1S/C13H18N6O3/c1-6-16-8-9(15-3)17-12(14)18-10(8)19(6)11-13(2,21)4-7(5-20)22-11/h5,7,11,21H,4H2,1-3H3,(H3,14,15,17,18). The first-order chi connectivity index (χ1) is 10.4. The molecule has 9 nitrogen and oxygen atoms in total. The predicted molar refractivity (Wildman–Crippen MR) is 79.2 cm³/mol. The van der Waals surface area contributed by atoms with Gasteiger partial charge in [0.1, 0.15) is 23.8 Å². The molecule has 0 amide bonds. The van der Waals surface area contributed by atoms with Crippen molar-refractivity contribution in [2.75, 3.05) is 18.1 Å². The zero-order valence-corrected chi connectivity index (χ0v) is 12.6. The Kier molecular flexibility index (Phi) is 3.26. The lowest BCUT2D eigenvalue weighted by molar-refractivity contribution is -0.122. The number of anilines is 2. The highest BCUT2D eigenvalue weighted by atomic mass is 16.5.